The molecule has 0 spiro atoms. The molecule has 1 amide bonds. The summed E-state index contributed by atoms with van der Waals surface area (Å²) in [5.41, 5.74) is 8.43. The minimum atomic E-state index is -0.466. The largest absolute Gasteiger partial charge is 0.368 e. The molecule has 0 bridgehead atoms. The van der Waals surface area contributed by atoms with Crippen LogP contribution in [0.4, 0.5) is 0 Å². The van der Waals surface area contributed by atoms with Gasteiger partial charge >= 0.3 is 0 Å². The van der Waals surface area contributed by atoms with Crippen LogP contribution >= 0.6 is 0 Å². The Balaban J connectivity index is 1.62. The van der Waals surface area contributed by atoms with E-state index in [-0.39, 0.29) is 23.5 Å². The van der Waals surface area contributed by atoms with Crippen LogP contribution in [0, 0.1) is 5.41 Å². The second-order valence-corrected chi connectivity index (χ2v) is 8.21. The minimum absolute atomic E-state index is 0.0649. The highest BCUT2D eigenvalue weighted by molar-refractivity contribution is 5.83. The lowest BCUT2D eigenvalue weighted by Gasteiger charge is -2.35. The van der Waals surface area contributed by atoms with Crippen molar-refractivity contribution >= 4 is 5.91 Å². The van der Waals surface area contributed by atoms with Gasteiger partial charge in [0.25, 0.3) is 0 Å². The van der Waals surface area contributed by atoms with E-state index in [0.717, 1.165) is 31.5 Å². The van der Waals surface area contributed by atoms with Gasteiger partial charge in [-0.25, -0.2) is 0 Å². The molecule has 2 aliphatic rings. The summed E-state index contributed by atoms with van der Waals surface area (Å²) in [6.45, 7) is 6.85. The Labute approximate surface area is 150 Å². The van der Waals surface area contributed by atoms with E-state index in [1.165, 1.54) is 5.56 Å². The second kappa shape index (κ2) is 7.08. The van der Waals surface area contributed by atoms with Gasteiger partial charge in [0.1, 0.15) is 6.17 Å². The van der Waals surface area contributed by atoms with Gasteiger partial charge in [-0.1, -0.05) is 51.1 Å². The van der Waals surface area contributed by atoms with E-state index < -0.39 is 6.04 Å². The zero-order valence-electron chi connectivity index (χ0n) is 15.5. The van der Waals surface area contributed by atoms with Crippen molar-refractivity contribution in [3.63, 3.8) is 0 Å². The summed E-state index contributed by atoms with van der Waals surface area (Å²) in [5.74, 6) is 0.0649. The number of hydrogen-bond acceptors (Lipinski definition) is 4. The number of benzene rings is 1. The molecule has 136 valence electrons. The molecule has 25 heavy (non-hydrogen) atoms. The minimum Gasteiger partial charge on any atom is -0.368 e. The monoisotopic (exact) mass is 342 g/mol. The van der Waals surface area contributed by atoms with Crippen molar-refractivity contribution in [2.75, 3.05) is 6.54 Å². The number of nitrogens with one attached hydrogen (secondary N) is 2. The first-order valence-electron chi connectivity index (χ1n) is 9.18. The normalized spacial score (nSPS) is 24.5. The van der Waals surface area contributed by atoms with Gasteiger partial charge in [0, 0.05) is 24.9 Å². The van der Waals surface area contributed by atoms with Gasteiger partial charge in [-0.2, -0.15) is 0 Å². The molecule has 1 saturated heterocycles. The molecule has 1 fully saturated rings. The van der Waals surface area contributed by atoms with Crippen LogP contribution in [0.1, 0.15) is 39.2 Å². The number of amides is 1. The van der Waals surface area contributed by atoms with E-state index in [9.17, 15) is 4.79 Å². The molecule has 1 aromatic carbocycles. The molecule has 3 atom stereocenters. The Morgan fingerprint density at radius 2 is 2.04 bits per heavy atom. The summed E-state index contributed by atoms with van der Waals surface area (Å²) in [7, 11) is 0. The van der Waals surface area contributed by atoms with Crippen molar-refractivity contribution in [1.29, 1.82) is 0 Å². The molecule has 0 radical (unpaired) electrons. The zero-order chi connectivity index (χ0) is 18.0. The Morgan fingerprint density at radius 3 is 2.72 bits per heavy atom. The van der Waals surface area contributed by atoms with Crippen molar-refractivity contribution < 1.29 is 4.79 Å². The van der Waals surface area contributed by atoms with Gasteiger partial charge in [-0.3, -0.25) is 4.79 Å². The molecular formula is C20H30N4O. The van der Waals surface area contributed by atoms with Gasteiger partial charge in [-0.05, 0) is 23.8 Å². The molecule has 2 heterocycles. The molecule has 0 aromatic heterocycles. The average molecular weight is 342 g/mol. The fourth-order valence-corrected chi connectivity index (χ4v) is 3.56. The molecule has 2 aliphatic heterocycles. The van der Waals surface area contributed by atoms with Crippen LogP contribution in [-0.4, -0.2) is 35.6 Å². The molecule has 5 nitrogen and oxygen atoms in total. The third kappa shape index (κ3) is 3.98. The maximum atomic E-state index is 12.9. The van der Waals surface area contributed by atoms with Gasteiger partial charge < -0.3 is 21.3 Å². The lowest BCUT2D eigenvalue weighted by atomic mass is 9.86. The van der Waals surface area contributed by atoms with Crippen molar-refractivity contribution in [3.8, 4) is 0 Å². The van der Waals surface area contributed by atoms with Crippen LogP contribution in [-0.2, 0) is 11.2 Å². The lowest BCUT2D eigenvalue weighted by Crippen LogP contribution is -2.57. The number of nitrogens with two attached hydrogens (primary N) is 1. The number of carbonyl (C=O) groups excluding carboxylic acids is 1. The van der Waals surface area contributed by atoms with Crippen LogP contribution in [0.25, 0.3) is 0 Å². The SMILES string of the molecule is CC(C)(C)C(N)C(=O)N1CCCC1C1NC=C(Cc2ccccc2)N1. The van der Waals surface area contributed by atoms with E-state index in [2.05, 4.69) is 34.9 Å². The molecule has 0 saturated carbocycles. The van der Waals surface area contributed by atoms with Crippen LogP contribution in [0.2, 0.25) is 0 Å². The van der Waals surface area contributed by atoms with E-state index in [4.69, 9.17) is 5.73 Å². The van der Waals surface area contributed by atoms with E-state index in [0.29, 0.717) is 0 Å². The molecule has 4 N–H and O–H groups in total. The van der Waals surface area contributed by atoms with Crippen LogP contribution < -0.4 is 16.4 Å². The van der Waals surface area contributed by atoms with Crippen LogP contribution in [0.3, 0.4) is 0 Å². The molecule has 3 unspecified atom stereocenters. The number of rotatable bonds is 4. The van der Waals surface area contributed by atoms with Crippen LogP contribution in [0.15, 0.2) is 42.2 Å². The molecule has 0 aliphatic carbocycles. The second-order valence-electron chi connectivity index (χ2n) is 8.21. The number of likely N-dealkylation sites (tertiary alicyclic amines) is 1. The van der Waals surface area contributed by atoms with Crippen molar-refractivity contribution in [2.45, 2.75) is 58.3 Å². The first-order valence-corrected chi connectivity index (χ1v) is 9.18. The number of nitrogens with zero attached hydrogens (tertiary/aromatic N) is 1. The molecular weight excluding hydrogens is 312 g/mol. The Bertz CT molecular complexity index is 635. The average Bonchev–Trinajstić information content (AvgIpc) is 3.22. The summed E-state index contributed by atoms with van der Waals surface area (Å²) in [4.78, 5) is 14.8. The number of hydrogen-bond donors (Lipinski definition) is 3. The predicted molar refractivity (Wildman–Crippen MR) is 100 cm³/mol. The van der Waals surface area contributed by atoms with Gasteiger partial charge in [0.05, 0.1) is 12.1 Å². The first kappa shape index (κ1) is 17.8. The quantitative estimate of drug-likeness (QED) is 0.782. The molecule has 3 rings (SSSR count). The molecule has 5 heteroatoms. The van der Waals surface area contributed by atoms with E-state index >= 15 is 0 Å². The van der Waals surface area contributed by atoms with Crippen molar-refractivity contribution in [2.24, 2.45) is 11.1 Å². The fraction of sp³-hybridized carbons (Fsp3) is 0.550. The maximum absolute atomic E-state index is 12.9. The smallest absolute Gasteiger partial charge is 0.240 e. The summed E-state index contributed by atoms with van der Waals surface area (Å²) in [5, 5.41) is 6.98. The van der Waals surface area contributed by atoms with Gasteiger partial charge in [-0.15, -0.1) is 0 Å². The fourth-order valence-electron chi connectivity index (χ4n) is 3.56. The first-order chi connectivity index (χ1) is 11.9. The number of carbonyl (C=O) groups is 1. The third-order valence-electron chi connectivity index (χ3n) is 5.18. The van der Waals surface area contributed by atoms with E-state index in [1.54, 1.807) is 0 Å². The topological polar surface area (TPSA) is 70.4 Å². The standard InChI is InChI=1S/C20H30N4O/c1-20(2,3)17(21)19(25)24-11-7-10-16(24)18-22-13-15(23-18)12-14-8-5-4-6-9-14/h4-6,8-9,13,16-18,22-23H,7,10-12,21H2,1-3H3. The van der Waals surface area contributed by atoms with Gasteiger partial charge in [0.2, 0.25) is 5.91 Å². The Kier molecular flexibility index (Phi) is 5.04. The number of allylic oxidation sites excluding steroid dienone is 1. The highest BCUT2D eigenvalue weighted by Gasteiger charge is 2.40. The highest BCUT2D eigenvalue weighted by Crippen LogP contribution is 2.26. The van der Waals surface area contributed by atoms with Crippen LogP contribution in [0.5, 0.6) is 0 Å². The Morgan fingerprint density at radius 1 is 1.32 bits per heavy atom. The Hall–Kier alpha value is -2.01. The van der Waals surface area contributed by atoms with Crippen molar-refractivity contribution in [3.05, 3.63) is 47.8 Å². The summed E-state index contributed by atoms with van der Waals surface area (Å²) < 4.78 is 0. The summed E-state index contributed by atoms with van der Waals surface area (Å²) in [6.07, 6.45) is 5.01. The van der Waals surface area contributed by atoms with E-state index in [1.807, 2.05) is 37.9 Å². The predicted octanol–water partition coefficient (Wildman–Crippen LogP) is 1.95. The molecule has 1 aromatic rings. The van der Waals surface area contributed by atoms with Gasteiger partial charge in [0.15, 0.2) is 0 Å². The highest BCUT2D eigenvalue weighted by atomic mass is 16.2. The maximum Gasteiger partial charge on any atom is 0.240 e. The summed E-state index contributed by atoms with van der Waals surface area (Å²) in [6, 6.07) is 10.1. The lowest BCUT2D eigenvalue weighted by molar-refractivity contribution is -0.136. The third-order valence-corrected chi connectivity index (χ3v) is 5.18. The van der Waals surface area contributed by atoms with Crippen molar-refractivity contribution in [1.82, 2.24) is 15.5 Å². The summed E-state index contributed by atoms with van der Waals surface area (Å²) >= 11 is 0. The zero-order valence-corrected chi connectivity index (χ0v) is 15.5.